The van der Waals surface area contributed by atoms with Crippen LogP contribution in [0.5, 0.6) is 0 Å². The van der Waals surface area contributed by atoms with Crippen LogP contribution in [0.15, 0.2) is 63.9 Å². The Bertz CT molecular complexity index is 951. The van der Waals surface area contributed by atoms with E-state index in [-0.39, 0.29) is 5.63 Å². The van der Waals surface area contributed by atoms with E-state index in [1.165, 1.54) is 6.07 Å². The molecule has 0 unspecified atom stereocenters. The number of fused-ring (bicyclic) bond motifs is 6. The zero-order valence-electron chi connectivity index (χ0n) is 9.96. The molecule has 0 saturated carbocycles. The van der Waals surface area contributed by atoms with Crippen LogP contribution in [0.2, 0.25) is 0 Å². The Labute approximate surface area is 108 Å². The SMILES string of the molecule is O=c1ccc2c3cccnc3c3ccccc3c2o1. The van der Waals surface area contributed by atoms with Gasteiger partial charge in [0.05, 0.1) is 5.52 Å². The summed E-state index contributed by atoms with van der Waals surface area (Å²) >= 11 is 0. The second-order valence-corrected chi connectivity index (χ2v) is 4.44. The maximum Gasteiger partial charge on any atom is 0.336 e. The van der Waals surface area contributed by atoms with E-state index < -0.39 is 0 Å². The molecule has 3 nitrogen and oxygen atoms in total. The number of nitrogens with zero attached hydrogens (tertiary/aromatic N) is 1. The lowest BCUT2D eigenvalue weighted by atomic mass is 10.0. The summed E-state index contributed by atoms with van der Waals surface area (Å²) in [5, 5.41) is 3.84. The van der Waals surface area contributed by atoms with Crippen LogP contribution in [0.4, 0.5) is 0 Å². The molecule has 2 heterocycles. The van der Waals surface area contributed by atoms with E-state index >= 15 is 0 Å². The molecule has 0 amide bonds. The first kappa shape index (κ1) is 10.3. The van der Waals surface area contributed by atoms with Gasteiger partial charge in [-0.3, -0.25) is 4.98 Å². The monoisotopic (exact) mass is 247 g/mol. The van der Waals surface area contributed by atoms with E-state index in [1.807, 2.05) is 36.4 Å². The Hall–Kier alpha value is -2.68. The summed E-state index contributed by atoms with van der Waals surface area (Å²) in [5.41, 5.74) is 1.23. The molecule has 2 aromatic heterocycles. The van der Waals surface area contributed by atoms with Crippen LogP contribution >= 0.6 is 0 Å². The quantitative estimate of drug-likeness (QED) is 0.353. The van der Waals surface area contributed by atoms with Crippen molar-refractivity contribution in [1.29, 1.82) is 0 Å². The molecule has 0 atom stereocenters. The first-order valence-electron chi connectivity index (χ1n) is 6.04. The smallest absolute Gasteiger partial charge is 0.336 e. The van der Waals surface area contributed by atoms with Gasteiger partial charge in [0.15, 0.2) is 0 Å². The molecule has 90 valence electrons. The Morgan fingerprint density at radius 1 is 0.789 bits per heavy atom. The molecule has 0 bridgehead atoms. The fraction of sp³-hybridized carbons (Fsp3) is 0. The molecule has 0 aliphatic rings. The lowest BCUT2D eigenvalue weighted by Gasteiger charge is -2.07. The Kier molecular flexibility index (Phi) is 1.97. The zero-order valence-corrected chi connectivity index (χ0v) is 9.96. The van der Waals surface area contributed by atoms with Crippen LogP contribution in [0, 0.1) is 0 Å². The van der Waals surface area contributed by atoms with Crippen molar-refractivity contribution >= 4 is 32.6 Å². The molecule has 2 aromatic carbocycles. The van der Waals surface area contributed by atoms with Crippen molar-refractivity contribution in [1.82, 2.24) is 4.98 Å². The molecule has 0 aliphatic carbocycles. The maximum absolute atomic E-state index is 11.5. The highest BCUT2D eigenvalue weighted by atomic mass is 16.4. The summed E-state index contributed by atoms with van der Waals surface area (Å²) in [6.45, 7) is 0. The first-order valence-corrected chi connectivity index (χ1v) is 6.04. The molecule has 0 spiro atoms. The lowest BCUT2D eigenvalue weighted by Crippen LogP contribution is -1.95. The van der Waals surface area contributed by atoms with Gasteiger partial charge >= 0.3 is 5.63 Å². The molecular weight excluding hydrogens is 238 g/mol. The predicted octanol–water partition coefficient (Wildman–Crippen LogP) is 3.49. The first-order chi connectivity index (χ1) is 9.34. The van der Waals surface area contributed by atoms with Gasteiger partial charge in [0.2, 0.25) is 0 Å². The molecule has 3 heteroatoms. The third kappa shape index (κ3) is 1.38. The number of aromatic nitrogens is 1. The Morgan fingerprint density at radius 2 is 1.47 bits per heavy atom. The second kappa shape index (κ2) is 3.65. The third-order valence-corrected chi connectivity index (χ3v) is 3.36. The summed E-state index contributed by atoms with van der Waals surface area (Å²) < 4.78 is 5.40. The van der Waals surface area contributed by atoms with Crippen LogP contribution < -0.4 is 5.63 Å². The van der Waals surface area contributed by atoms with Crippen molar-refractivity contribution in [2.24, 2.45) is 0 Å². The van der Waals surface area contributed by atoms with Gasteiger partial charge in [0.1, 0.15) is 5.58 Å². The average Bonchev–Trinajstić information content (AvgIpc) is 2.47. The lowest BCUT2D eigenvalue weighted by molar-refractivity contribution is 0.564. The number of pyridine rings is 1. The van der Waals surface area contributed by atoms with E-state index in [0.717, 1.165) is 27.1 Å². The van der Waals surface area contributed by atoms with Gasteiger partial charge in [0.25, 0.3) is 0 Å². The highest BCUT2D eigenvalue weighted by Gasteiger charge is 2.10. The Morgan fingerprint density at radius 3 is 2.32 bits per heavy atom. The summed E-state index contributed by atoms with van der Waals surface area (Å²) in [6.07, 6.45) is 1.78. The number of benzene rings is 2. The van der Waals surface area contributed by atoms with Crippen LogP contribution in [-0.2, 0) is 0 Å². The number of hydrogen-bond donors (Lipinski definition) is 0. The van der Waals surface area contributed by atoms with Crippen molar-refractivity contribution in [2.75, 3.05) is 0 Å². The van der Waals surface area contributed by atoms with Gasteiger partial charge in [-0.1, -0.05) is 30.3 Å². The number of rotatable bonds is 0. The van der Waals surface area contributed by atoms with Crippen LogP contribution in [0.3, 0.4) is 0 Å². The normalized spacial score (nSPS) is 11.4. The second-order valence-electron chi connectivity index (χ2n) is 4.44. The molecule has 0 N–H and O–H groups in total. The molecule has 0 aliphatic heterocycles. The molecule has 19 heavy (non-hydrogen) atoms. The molecular formula is C16H9NO2. The van der Waals surface area contributed by atoms with Crippen molar-refractivity contribution < 1.29 is 4.42 Å². The minimum Gasteiger partial charge on any atom is -0.422 e. The van der Waals surface area contributed by atoms with Gasteiger partial charge in [0, 0.05) is 33.8 Å². The van der Waals surface area contributed by atoms with Crippen molar-refractivity contribution in [3.63, 3.8) is 0 Å². The van der Waals surface area contributed by atoms with Crippen LogP contribution in [0.25, 0.3) is 32.6 Å². The standard InChI is InChI=1S/C16H9NO2/c18-14-8-7-13-11-6-3-9-17-15(11)10-4-1-2-5-12(10)16(13)19-14/h1-9H. The average molecular weight is 247 g/mol. The summed E-state index contributed by atoms with van der Waals surface area (Å²) in [7, 11) is 0. The van der Waals surface area contributed by atoms with Gasteiger partial charge in [-0.2, -0.15) is 0 Å². The molecule has 4 aromatic rings. The van der Waals surface area contributed by atoms with Crippen LogP contribution in [0.1, 0.15) is 0 Å². The molecule has 0 fully saturated rings. The Balaban J connectivity index is 2.47. The largest absolute Gasteiger partial charge is 0.422 e. The minimum absolute atomic E-state index is 0.333. The molecule has 0 radical (unpaired) electrons. The van der Waals surface area contributed by atoms with Gasteiger partial charge in [-0.25, -0.2) is 4.79 Å². The van der Waals surface area contributed by atoms with E-state index in [9.17, 15) is 4.79 Å². The fourth-order valence-electron chi connectivity index (χ4n) is 2.55. The fourth-order valence-corrected chi connectivity index (χ4v) is 2.55. The summed E-state index contributed by atoms with van der Waals surface area (Å²) in [4.78, 5) is 15.9. The van der Waals surface area contributed by atoms with Gasteiger partial charge < -0.3 is 4.42 Å². The van der Waals surface area contributed by atoms with E-state index in [2.05, 4.69) is 4.98 Å². The highest BCUT2D eigenvalue weighted by molar-refractivity contribution is 6.22. The van der Waals surface area contributed by atoms with Gasteiger partial charge in [-0.15, -0.1) is 0 Å². The zero-order chi connectivity index (χ0) is 12.8. The topological polar surface area (TPSA) is 43.1 Å². The number of hydrogen-bond acceptors (Lipinski definition) is 3. The maximum atomic E-state index is 11.5. The van der Waals surface area contributed by atoms with E-state index in [0.29, 0.717) is 5.58 Å². The third-order valence-electron chi connectivity index (χ3n) is 3.36. The molecule has 4 rings (SSSR count). The minimum atomic E-state index is -0.333. The van der Waals surface area contributed by atoms with Crippen molar-refractivity contribution in [2.45, 2.75) is 0 Å². The van der Waals surface area contributed by atoms with E-state index in [1.54, 1.807) is 12.3 Å². The summed E-state index contributed by atoms with van der Waals surface area (Å²) in [6, 6.07) is 15.0. The summed E-state index contributed by atoms with van der Waals surface area (Å²) in [5.74, 6) is 0. The molecule has 0 saturated heterocycles. The van der Waals surface area contributed by atoms with Gasteiger partial charge in [-0.05, 0) is 12.1 Å². The van der Waals surface area contributed by atoms with Crippen molar-refractivity contribution in [3.05, 3.63) is 65.1 Å². The van der Waals surface area contributed by atoms with Crippen molar-refractivity contribution in [3.8, 4) is 0 Å². The predicted molar refractivity (Wildman–Crippen MR) is 75.3 cm³/mol. The van der Waals surface area contributed by atoms with Crippen LogP contribution in [-0.4, -0.2) is 4.98 Å². The van der Waals surface area contributed by atoms with E-state index in [4.69, 9.17) is 4.42 Å². The highest BCUT2D eigenvalue weighted by Crippen LogP contribution is 2.32.